The largest absolute Gasteiger partial charge is 0.388 e. The van der Waals surface area contributed by atoms with E-state index in [1.54, 1.807) is 0 Å². The number of aldehydes is 1. The van der Waals surface area contributed by atoms with Gasteiger partial charge >= 0.3 is 0 Å². The SMILES string of the molecule is CCOC(C)OCC.CNc1ccccc1CC=O. The van der Waals surface area contributed by atoms with Gasteiger partial charge in [0.2, 0.25) is 0 Å². The maximum absolute atomic E-state index is 10.2. The van der Waals surface area contributed by atoms with Crippen LogP contribution in [-0.4, -0.2) is 32.8 Å². The van der Waals surface area contributed by atoms with Gasteiger partial charge in [0.15, 0.2) is 6.29 Å². The van der Waals surface area contributed by atoms with Crippen LogP contribution >= 0.6 is 0 Å². The van der Waals surface area contributed by atoms with Crippen molar-refractivity contribution in [1.29, 1.82) is 0 Å². The molecule has 0 aliphatic rings. The molecule has 1 aromatic carbocycles. The Morgan fingerprint density at radius 2 is 1.79 bits per heavy atom. The zero-order chi connectivity index (χ0) is 14.5. The van der Waals surface area contributed by atoms with Crippen molar-refractivity contribution in [3.63, 3.8) is 0 Å². The van der Waals surface area contributed by atoms with E-state index in [0.717, 1.165) is 30.8 Å². The van der Waals surface area contributed by atoms with E-state index in [9.17, 15) is 4.79 Å². The molecule has 19 heavy (non-hydrogen) atoms. The summed E-state index contributed by atoms with van der Waals surface area (Å²) in [6, 6.07) is 7.78. The Kier molecular flexibility index (Phi) is 10.8. The molecule has 0 bridgehead atoms. The fourth-order valence-electron chi connectivity index (χ4n) is 1.55. The molecule has 0 amide bonds. The van der Waals surface area contributed by atoms with Gasteiger partial charge in [-0.25, -0.2) is 0 Å². The molecule has 0 fully saturated rings. The van der Waals surface area contributed by atoms with E-state index >= 15 is 0 Å². The Morgan fingerprint density at radius 1 is 1.21 bits per heavy atom. The molecule has 0 spiro atoms. The second kappa shape index (κ2) is 11.7. The van der Waals surface area contributed by atoms with Crippen molar-refractivity contribution < 1.29 is 14.3 Å². The topological polar surface area (TPSA) is 47.6 Å². The molecule has 0 heterocycles. The van der Waals surface area contributed by atoms with Crippen LogP contribution in [0.25, 0.3) is 0 Å². The summed E-state index contributed by atoms with van der Waals surface area (Å²) in [5.41, 5.74) is 2.07. The highest BCUT2D eigenvalue weighted by Crippen LogP contribution is 2.13. The molecule has 0 aliphatic carbocycles. The van der Waals surface area contributed by atoms with Crippen LogP contribution in [0.15, 0.2) is 24.3 Å². The van der Waals surface area contributed by atoms with Crippen LogP contribution in [0.5, 0.6) is 0 Å². The predicted octanol–water partition coefficient (Wildman–Crippen LogP) is 2.88. The predicted molar refractivity (Wildman–Crippen MR) is 78.5 cm³/mol. The highest BCUT2D eigenvalue weighted by atomic mass is 16.7. The standard InChI is InChI=1S/C9H11NO.C6H14O2/c1-10-9-5-3-2-4-8(9)6-7-11;1-4-7-6(3)8-5-2/h2-5,7,10H,6H2,1H3;6H,4-5H2,1-3H3. The second-order valence-corrected chi connectivity index (χ2v) is 3.76. The van der Waals surface area contributed by atoms with Crippen molar-refractivity contribution in [3.8, 4) is 0 Å². The van der Waals surface area contributed by atoms with E-state index < -0.39 is 0 Å². The lowest BCUT2D eigenvalue weighted by molar-refractivity contribution is -0.123. The molecule has 0 aliphatic heterocycles. The first-order chi connectivity index (χ1) is 9.19. The van der Waals surface area contributed by atoms with E-state index in [-0.39, 0.29) is 6.29 Å². The average molecular weight is 267 g/mol. The maximum atomic E-state index is 10.2. The Morgan fingerprint density at radius 3 is 2.26 bits per heavy atom. The smallest absolute Gasteiger partial charge is 0.154 e. The number of hydrogen-bond donors (Lipinski definition) is 1. The van der Waals surface area contributed by atoms with Crippen LogP contribution in [0.4, 0.5) is 5.69 Å². The molecule has 1 rings (SSSR count). The highest BCUT2D eigenvalue weighted by molar-refractivity contribution is 5.62. The number of hydrogen-bond acceptors (Lipinski definition) is 4. The first kappa shape index (κ1) is 17.6. The summed E-state index contributed by atoms with van der Waals surface area (Å²) >= 11 is 0. The van der Waals surface area contributed by atoms with Crippen LogP contribution < -0.4 is 5.32 Å². The molecule has 4 heteroatoms. The minimum Gasteiger partial charge on any atom is -0.388 e. The van der Waals surface area contributed by atoms with Gasteiger partial charge < -0.3 is 19.6 Å². The fraction of sp³-hybridized carbons (Fsp3) is 0.533. The van der Waals surface area contributed by atoms with Crippen molar-refractivity contribution in [2.24, 2.45) is 0 Å². The third kappa shape index (κ3) is 8.35. The molecule has 0 radical (unpaired) electrons. The van der Waals surface area contributed by atoms with Crippen LogP contribution in [0.3, 0.4) is 0 Å². The molecule has 0 aromatic heterocycles. The number of rotatable bonds is 7. The lowest BCUT2D eigenvalue weighted by atomic mass is 10.1. The van der Waals surface area contributed by atoms with Gasteiger partial charge in [0.25, 0.3) is 0 Å². The number of ether oxygens (including phenoxy) is 2. The van der Waals surface area contributed by atoms with E-state index in [4.69, 9.17) is 9.47 Å². The van der Waals surface area contributed by atoms with Gasteiger partial charge in [-0.3, -0.25) is 0 Å². The van der Waals surface area contributed by atoms with Crippen molar-refractivity contribution in [2.45, 2.75) is 33.5 Å². The fourth-order valence-corrected chi connectivity index (χ4v) is 1.55. The second-order valence-electron chi connectivity index (χ2n) is 3.76. The quantitative estimate of drug-likeness (QED) is 0.609. The summed E-state index contributed by atoms with van der Waals surface area (Å²) in [6.07, 6.45) is 1.36. The number of carbonyl (C=O) groups excluding carboxylic acids is 1. The summed E-state index contributed by atoms with van der Waals surface area (Å²) in [6.45, 7) is 7.25. The first-order valence-corrected chi connectivity index (χ1v) is 6.62. The number of carbonyl (C=O) groups is 1. The number of benzene rings is 1. The van der Waals surface area contributed by atoms with E-state index in [0.29, 0.717) is 6.42 Å². The van der Waals surface area contributed by atoms with Gasteiger partial charge in [-0.1, -0.05) is 18.2 Å². The monoisotopic (exact) mass is 267 g/mol. The molecule has 0 saturated heterocycles. The summed E-state index contributed by atoms with van der Waals surface area (Å²) in [4.78, 5) is 10.2. The van der Waals surface area contributed by atoms with Gasteiger partial charge in [-0.2, -0.15) is 0 Å². The molecule has 0 atom stereocenters. The van der Waals surface area contributed by atoms with Gasteiger partial charge in [-0.05, 0) is 32.4 Å². The van der Waals surface area contributed by atoms with Crippen molar-refractivity contribution in [3.05, 3.63) is 29.8 Å². The third-order valence-electron chi connectivity index (χ3n) is 2.39. The molecular weight excluding hydrogens is 242 g/mol. The number of para-hydroxylation sites is 1. The normalized spacial score (nSPS) is 9.74. The average Bonchev–Trinajstić information content (AvgIpc) is 2.41. The maximum Gasteiger partial charge on any atom is 0.154 e. The molecule has 0 saturated carbocycles. The molecule has 0 unspecified atom stereocenters. The van der Waals surface area contributed by atoms with Gasteiger partial charge in [0, 0.05) is 32.4 Å². The van der Waals surface area contributed by atoms with Crippen molar-refractivity contribution in [2.75, 3.05) is 25.6 Å². The van der Waals surface area contributed by atoms with Gasteiger partial charge in [0.05, 0.1) is 0 Å². The first-order valence-electron chi connectivity index (χ1n) is 6.62. The van der Waals surface area contributed by atoms with Gasteiger partial charge in [0.1, 0.15) is 6.29 Å². The van der Waals surface area contributed by atoms with Crippen LogP contribution in [0.1, 0.15) is 26.3 Å². The lowest BCUT2D eigenvalue weighted by Crippen LogP contribution is -2.11. The summed E-state index contributed by atoms with van der Waals surface area (Å²) in [5, 5.41) is 3.02. The molecule has 1 N–H and O–H groups in total. The minimum atomic E-state index is -0.0370. The zero-order valence-corrected chi connectivity index (χ0v) is 12.3. The van der Waals surface area contributed by atoms with E-state index in [1.165, 1.54) is 0 Å². The van der Waals surface area contributed by atoms with E-state index in [2.05, 4.69) is 5.32 Å². The van der Waals surface area contributed by atoms with Crippen LogP contribution in [0.2, 0.25) is 0 Å². The number of nitrogens with one attached hydrogen (secondary N) is 1. The highest BCUT2D eigenvalue weighted by Gasteiger charge is 1.96. The van der Waals surface area contributed by atoms with Gasteiger partial charge in [-0.15, -0.1) is 0 Å². The van der Waals surface area contributed by atoms with Crippen molar-refractivity contribution >= 4 is 12.0 Å². The minimum absolute atomic E-state index is 0.0370. The molecule has 108 valence electrons. The van der Waals surface area contributed by atoms with E-state index in [1.807, 2.05) is 52.1 Å². The number of anilines is 1. The zero-order valence-electron chi connectivity index (χ0n) is 12.3. The lowest BCUT2D eigenvalue weighted by Gasteiger charge is -2.09. The molecular formula is C15H25NO3. The summed E-state index contributed by atoms with van der Waals surface area (Å²) < 4.78 is 10.1. The Bertz CT molecular complexity index is 336. The molecule has 4 nitrogen and oxygen atoms in total. The Balaban J connectivity index is 0.000000362. The Labute approximate surface area is 116 Å². The Hall–Kier alpha value is -1.39. The summed E-state index contributed by atoms with van der Waals surface area (Å²) in [7, 11) is 1.85. The van der Waals surface area contributed by atoms with Crippen molar-refractivity contribution in [1.82, 2.24) is 0 Å². The molecule has 1 aromatic rings. The van der Waals surface area contributed by atoms with Crippen LogP contribution in [-0.2, 0) is 20.7 Å². The summed E-state index contributed by atoms with van der Waals surface area (Å²) in [5.74, 6) is 0. The van der Waals surface area contributed by atoms with Crippen LogP contribution in [0, 0.1) is 0 Å². The third-order valence-corrected chi connectivity index (χ3v) is 2.39.